The molecular weight excluding hydrogens is 198 g/mol. The molecule has 0 spiro atoms. The molecule has 0 atom stereocenters. The quantitative estimate of drug-likeness (QED) is 0.445. The van der Waals surface area contributed by atoms with Crippen LogP contribution in [0.5, 0.6) is 0 Å². The van der Waals surface area contributed by atoms with Crippen molar-refractivity contribution < 1.29 is 14.3 Å². The first-order valence-electron chi connectivity index (χ1n) is 4.51. The van der Waals surface area contributed by atoms with E-state index in [1.165, 1.54) is 18.3 Å². The molecule has 0 amide bonds. The van der Waals surface area contributed by atoms with Crippen molar-refractivity contribution in [2.75, 3.05) is 6.61 Å². The van der Waals surface area contributed by atoms with E-state index in [-0.39, 0.29) is 12.2 Å². The first-order chi connectivity index (χ1) is 7.15. The lowest BCUT2D eigenvalue weighted by molar-refractivity contribution is -0.141. The Bertz CT molecular complexity index is 421. The molecule has 5 heteroatoms. The van der Waals surface area contributed by atoms with Gasteiger partial charge in [-0.25, -0.2) is 0 Å². The summed E-state index contributed by atoms with van der Waals surface area (Å²) < 4.78 is 4.60. The standard InChI is InChI=1S/C10H11NO4/c1-2-15-9(13)6-8(12)7-4-3-5-11-10(7)14/h3-5H,2,6H2,1H3,(H,11,14). The smallest absolute Gasteiger partial charge is 0.313 e. The van der Waals surface area contributed by atoms with Crippen LogP contribution >= 0.6 is 0 Å². The van der Waals surface area contributed by atoms with E-state index in [9.17, 15) is 14.4 Å². The van der Waals surface area contributed by atoms with Crippen molar-refractivity contribution in [3.8, 4) is 0 Å². The van der Waals surface area contributed by atoms with E-state index in [1.807, 2.05) is 0 Å². The molecular formula is C10H11NO4. The molecule has 0 saturated heterocycles. The average Bonchev–Trinajstić information content (AvgIpc) is 2.18. The van der Waals surface area contributed by atoms with Gasteiger partial charge in [0.2, 0.25) is 0 Å². The number of Topliss-reactive ketones (excluding diaryl/α,β-unsaturated/α-hetero) is 1. The van der Waals surface area contributed by atoms with Gasteiger partial charge in [0, 0.05) is 6.20 Å². The minimum absolute atomic E-state index is 0.0226. The van der Waals surface area contributed by atoms with E-state index < -0.39 is 23.7 Å². The van der Waals surface area contributed by atoms with Crippen LogP contribution in [0.15, 0.2) is 23.1 Å². The number of carbonyl (C=O) groups excluding carboxylic acids is 2. The van der Waals surface area contributed by atoms with Crippen LogP contribution < -0.4 is 5.56 Å². The maximum Gasteiger partial charge on any atom is 0.313 e. The maximum atomic E-state index is 11.4. The molecule has 15 heavy (non-hydrogen) atoms. The van der Waals surface area contributed by atoms with Gasteiger partial charge in [0.1, 0.15) is 6.42 Å². The molecule has 1 aromatic heterocycles. The summed E-state index contributed by atoms with van der Waals surface area (Å²) >= 11 is 0. The molecule has 0 aliphatic rings. The van der Waals surface area contributed by atoms with E-state index in [0.717, 1.165) is 0 Å². The molecule has 1 aromatic rings. The van der Waals surface area contributed by atoms with E-state index in [1.54, 1.807) is 6.92 Å². The molecule has 0 aromatic carbocycles. The predicted octanol–water partition coefficient (Wildman–Crippen LogP) is 0.511. The van der Waals surface area contributed by atoms with Crippen molar-refractivity contribution in [3.63, 3.8) is 0 Å². The van der Waals surface area contributed by atoms with E-state index in [4.69, 9.17) is 0 Å². The zero-order chi connectivity index (χ0) is 11.3. The number of esters is 1. The van der Waals surface area contributed by atoms with Gasteiger partial charge in [-0.15, -0.1) is 0 Å². The summed E-state index contributed by atoms with van der Waals surface area (Å²) in [5.74, 6) is -1.15. The van der Waals surface area contributed by atoms with Crippen LogP contribution in [-0.2, 0) is 9.53 Å². The van der Waals surface area contributed by atoms with Gasteiger partial charge in [0.05, 0.1) is 12.2 Å². The topological polar surface area (TPSA) is 76.2 Å². The number of nitrogens with one attached hydrogen (secondary N) is 1. The second-order valence-corrected chi connectivity index (χ2v) is 2.82. The molecule has 0 unspecified atom stereocenters. The first kappa shape index (κ1) is 11.2. The van der Waals surface area contributed by atoms with Gasteiger partial charge in [-0.05, 0) is 19.1 Å². The molecule has 0 bridgehead atoms. The second-order valence-electron chi connectivity index (χ2n) is 2.82. The van der Waals surface area contributed by atoms with Crippen LogP contribution in [0.3, 0.4) is 0 Å². The van der Waals surface area contributed by atoms with Crippen molar-refractivity contribution >= 4 is 11.8 Å². The summed E-state index contributed by atoms with van der Waals surface area (Å²) in [4.78, 5) is 35.9. The number of pyridine rings is 1. The molecule has 0 saturated carbocycles. The van der Waals surface area contributed by atoms with Gasteiger partial charge >= 0.3 is 5.97 Å². The normalized spacial score (nSPS) is 9.67. The molecule has 80 valence electrons. The molecule has 0 radical (unpaired) electrons. The Kier molecular flexibility index (Phi) is 3.79. The lowest BCUT2D eigenvalue weighted by Crippen LogP contribution is -2.20. The lowest BCUT2D eigenvalue weighted by atomic mass is 10.1. The Balaban J connectivity index is 2.74. The molecule has 0 aliphatic heterocycles. The molecule has 0 aliphatic carbocycles. The highest BCUT2D eigenvalue weighted by Crippen LogP contribution is 1.98. The van der Waals surface area contributed by atoms with Crippen molar-refractivity contribution in [1.82, 2.24) is 4.98 Å². The fraction of sp³-hybridized carbons (Fsp3) is 0.300. The number of ether oxygens (including phenoxy) is 1. The summed E-state index contributed by atoms with van der Waals surface area (Å²) in [7, 11) is 0. The van der Waals surface area contributed by atoms with Crippen molar-refractivity contribution in [2.24, 2.45) is 0 Å². The summed E-state index contributed by atoms with van der Waals surface area (Å²) in [6.07, 6.45) is 1.02. The number of aromatic amines is 1. The maximum absolute atomic E-state index is 11.4. The SMILES string of the molecule is CCOC(=O)CC(=O)c1ccc[nH]c1=O. The van der Waals surface area contributed by atoms with Gasteiger partial charge < -0.3 is 9.72 Å². The number of hydrogen-bond donors (Lipinski definition) is 1. The summed E-state index contributed by atoms with van der Waals surface area (Å²) in [5.41, 5.74) is -0.516. The highest BCUT2D eigenvalue weighted by molar-refractivity contribution is 6.05. The second kappa shape index (κ2) is 5.09. The summed E-state index contributed by atoms with van der Waals surface area (Å²) in [6, 6.07) is 2.90. The fourth-order valence-corrected chi connectivity index (χ4v) is 1.08. The van der Waals surface area contributed by atoms with Crippen molar-refractivity contribution in [3.05, 3.63) is 34.2 Å². The molecule has 1 rings (SSSR count). The van der Waals surface area contributed by atoms with Gasteiger partial charge in [-0.3, -0.25) is 14.4 Å². The van der Waals surface area contributed by atoms with Crippen LogP contribution in [0.4, 0.5) is 0 Å². The van der Waals surface area contributed by atoms with Gasteiger partial charge in [-0.1, -0.05) is 0 Å². The highest BCUT2D eigenvalue weighted by atomic mass is 16.5. The first-order valence-corrected chi connectivity index (χ1v) is 4.51. The molecule has 1 heterocycles. The van der Waals surface area contributed by atoms with Crippen LogP contribution in [0.25, 0.3) is 0 Å². The van der Waals surface area contributed by atoms with Crippen LogP contribution in [0.2, 0.25) is 0 Å². The van der Waals surface area contributed by atoms with Crippen LogP contribution in [0.1, 0.15) is 23.7 Å². The zero-order valence-corrected chi connectivity index (χ0v) is 8.28. The minimum Gasteiger partial charge on any atom is -0.466 e. The molecule has 0 fully saturated rings. The third-order valence-electron chi connectivity index (χ3n) is 1.73. The van der Waals surface area contributed by atoms with Crippen LogP contribution in [-0.4, -0.2) is 23.3 Å². The molecule has 5 nitrogen and oxygen atoms in total. The Hall–Kier alpha value is -1.91. The Morgan fingerprint density at radius 1 is 1.47 bits per heavy atom. The summed E-state index contributed by atoms with van der Waals surface area (Å²) in [6.45, 7) is 1.87. The van der Waals surface area contributed by atoms with Gasteiger partial charge in [-0.2, -0.15) is 0 Å². The third-order valence-corrected chi connectivity index (χ3v) is 1.73. The minimum atomic E-state index is -0.620. The molecule has 1 N–H and O–H groups in total. The monoisotopic (exact) mass is 209 g/mol. The van der Waals surface area contributed by atoms with E-state index in [2.05, 4.69) is 9.72 Å². The average molecular weight is 209 g/mol. The number of carbonyl (C=O) groups is 2. The number of H-pyrrole nitrogens is 1. The number of ketones is 1. The Morgan fingerprint density at radius 2 is 2.20 bits per heavy atom. The van der Waals surface area contributed by atoms with Gasteiger partial charge in [0.15, 0.2) is 5.78 Å². The number of hydrogen-bond acceptors (Lipinski definition) is 4. The lowest BCUT2D eigenvalue weighted by Gasteiger charge is -2.00. The van der Waals surface area contributed by atoms with Crippen molar-refractivity contribution in [1.29, 1.82) is 0 Å². The number of rotatable bonds is 4. The zero-order valence-electron chi connectivity index (χ0n) is 8.28. The number of aromatic nitrogens is 1. The summed E-state index contributed by atoms with van der Waals surface area (Å²) in [5, 5.41) is 0. The fourth-order valence-electron chi connectivity index (χ4n) is 1.08. The van der Waals surface area contributed by atoms with Crippen LogP contribution in [0, 0.1) is 0 Å². The predicted molar refractivity (Wildman–Crippen MR) is 52.6 cm³/mol. The van der Waals surface area contributed by atoms with Gasteiger partial charge in [0.25, 0.3) is 5.56 Å². The van der Waals surface area contributed by atoms with E-state index >= 15 is 0 Å². The largest absolute Gasteiger partial charge is 0.466 e. The van der Waals surface area contributed by atoms with Crippen molar-refractivity contribution in [2.45, 2.75) is 13.3 Å². The Morgan fingerprint density at radius 3 is 2.80 bits per heavy atom. The Labute approximate surface area is 86.1 Å². The highest BCUT2D eigenvalue weighted by Gasteiger charge is 2.14. The van der Waals surface area contributed by atoms with E-state index in [0.29, 0.717) is 0 Å². The third kappa shape index (κ3) is 3.05.